The van der Waals surface area contributed by atoms with Crippen molar-refractivity contribution >= 4 is 11.9 Å². The Bertz CT molecular complexity index is 390. The van der Waals surface area contributed by atoms with E-state index in [2.05, 4.69) is 6.92 Å². The van der Waals surface area contributed by atoms with E-state index < -0.39 is 17.4 Å². The highest BCUT2D eigenvalue weighted by Gasteiger charge is 2.45. The highest BCUT2D eigenvalue weighted by molar-refractivity contribution is 5.99. The maximum Gasteiger partial charge on any atom is 0.323 e. The van der Waals surface area contributed by atoms with E-state index in [-0.39, 0.29) is 6.61 Å². The molecule has 0 aliphatic heterocycles. The zero-order valence-electron chi connectivity index (χ0n) is 18.9. The Morgan fingerprint density at radius 1 is 0.607 bits per heavy atom. The van der Waals surface area contributed by atoms with Crippen LogP contribution in [0.25, 0.3) is 0 Å². The quantitative estimate of drug-likeness (QED) is 0.155. The summed E-state index contributed by atoms with van der Waals surface area (Å²) in [5.74, 6) is -0.944. The second kappa shape index (κ2) is 18.0. The van der Waals surface area contributed by atoms with E-state index in [1.165, 1.54) is 51.4 Å². The number of esters is 2. The van der Waals surface area contributed by atoms with Crippen LogP contribution in [-0.4, -0.2) is 38.4 Å². The first kappa shape index (κ1) is 26.9. The molecule has 0 aliphatic carbocycles. The van der Waals surface area contributed by atoms with E-state index >= 15 is 0 Å². The van der Waals surface area contributed by atoms with Crippen molar-refractivity contribution in [2.24, 2.45) is 5.41 Å². The molecule has 0 aromatic carbocycles. The summed E-state index contributed by atoms with van der Waals surface area (Å²) in [6.07, 6.45) is 13.1. The summed E-state index contributed by atoms with van der Waals surface area (Å²) in [4.78, 5) is 25.0. The predicted octanol–water partition coefficient (Wildman–Crippen LogP) is 5.84. The van der Waals surface area contributed by atoms with Crippen molar-refractivity contribution in [1.29, 1.82) is 0 Å². The van der Waals surface area contributed by atoms with Crippen LogP contribution in [-0.2, 0) is 23.8 Å². The topological polar surface area (TPSA) is 61.8 Å². The Morgan fingerprint density at radius 3 is 1.54 bits per heavy atom. The van der Waals surface area contributed by atoms with Crippen molar-refractivity contribution in [3.63, 3.8) is 0 Å². The fourth-order valence-electron chi connectivity index (χ4n) is 3.28. The Labute approximate surface area is 172 Å². The van der Waals surface area contributed by atoms with Gasteiger partial charge >= 0.3 is 11.9 Å². The van der Waals surface area contributed by atoms with Crippen molar-refractivity contribution in [2.75, 3.05) is 26.4 Å². The summed E-state index contributed by atoms with van der Waals surface area (Å²) in [5, 5.41) is 0. The summed E-state index contributed by atoms with van der Waals surface area (Å²) in [7, 11) is 0. The molecule has 5 nitrogen and oxygen atoms in total. The lowest BCUT2D eigenvalue weighted by atomic mass is 9.82. The predicted molar refractivity (Wildman–Crippen MR) is 113 cm³/mol. The third kappa shape index (κ3) is 11.0. The highest BCUT2D eigenvalue weighted by atomic mass is 16.6. The SMILES string of the molecule is CCCCCCCCCCCCOC(=O)C(CC)(CC)C(=O)OCCOCC. The van der Waals surface area contributed by atoms with Gasteiger partial charge in [0.05, 0.1) is 13.2 Å². The van der Waals surface area contributed by atoms with Crippen molar-refractivity contribution in [2.45, 2.75) is 105 Å². The van der Waals surface area contributed by atoms with Gasteiger partial charge in [0.1, 0.15) is 6.61 Å². The van der Waals surface area contributed by atoms with Gasteiger partial charge in [0.25, 0.3) is 0 Å². The molecular weight excluding hydrogens is 356 g/mol. The van der Waals surface area contributed by atoms with Crippen molar-refractivity contribution in [3.8, 4) is 0 Å². The van der Waals surface area contributed by atoms with Gasteiger partial charge in [-0.3, -0.25) is 9.59 Å². The van der Waals surface area contributed by atoms with Crippen LogP contribution < -0.4 is 0 Å². The van der Waals surface area contributed by atoms with Crippen LogP contribution in [0, 0.1) is 5.41 Å². The standard InChI is InChI=1S/C23H44O5/c1-5-9-10-11-12-13-14-15-16-17-18-27-21(24)23(6-2,7-3)22(25)28-20-19-26-8-4/h5-20H2,1-4H3. The number of rotatable bonds is 19. The zero-order valence-corrected chi connectivity index (χ0v) is 18.9. The first-order chi connectivity index (χ1) is 13.6. The summed E-state index contributed by atoms with van der Waals surface area (Å²) >= 11 is 0. The van der Waals surface area contributed by atoms with Crippen LogP contribution in [0.1, 0.15) is 105 Å². The molecule has 0 aliphatic rings. The Balaban J connectivity index is 4.02. The number of ether oxygens (including phenoxy) is 3. The van der Waals surface area contributed by atoms with E-state index in [0.29, 0.717) is 32.7 Å². The van der Waals surface area contributed by atoms with Gasteiger partial charge < -0.3 is 14.2 Å². The summed E-state index contributed by atoms with van der Waals surface area (Å²) < 4.78 is 15.9. The lowest BCUT2D eigenvalue weighted by molar-refractivity contribution is -0.174. The molecule has 0 spiro atoms. The second-order valence-electron chi connectivity index (χ2n) is 7.44. The smallest absolute Gasteiger partial charge is 0.323 e. The molecule has 28 heavy (non-hydrogen) atoms. The van der Waals surface area contributed by atoms with Crippen LogP contribution in [0.5, 0.6) is 0 Å². The van der Waals surface area contributed by atoms with Crippen LogP contribution in [0.3, 0.4) is 0 Å². The van der Waals surface area contributed by atoms with Crippen LogP contribution in [0.2, 0.25) is 0 Å². The maximum absolute atomic E-state index is 12.6. The van der Waals surface area contributed by atoms with Crippen LogP contribution in [0.15, 0.2) is 0 Å². The first-order valence-electron chi connectivity index (χ1n) is 11.5. The summed E-state index contributed by atoms with van der Waals surface area (Å²) in [5.41, 5.74) is -1.19. The van der Waals surface area contributed by atoms with Crippen LogP contribution in [0.4, 0.5) is 0 Å². The molecule has 0 saturated carbocycles. The number of carbonyl (C=O) groups is 2. The minimum atomic E-state index is -1.19. The molecule has 0 amide bonds. The minimum absolute atomic E-state index is 0.167. The Hall–Kier alpha value is -1.10. The van der Waals surface area contributed by atoms with Gasteiger partial charge in [-0.2, -0.15) is 0 Å². The molecule has 0 N–H and O–H groups in total. The molecule has 0 saturated heterocycles. The number of hydrogen-bond donors (Lipinski definition) is 0. The van der Waals surface area contributed by atoms with Gasteiger partial charge in [-0.1, -0.05) is 78.6 Å². The third-order valence-electron chi connectivity index (χ3n) is 5.38. The van der Waals surface area contributed by atoms with E-state index in [1.54, 1.807) is 0 Å². The highest BCUT2D eigenvalue weighted by Crippen LogP contribution is 2.30. The van der Waals surface area contributed by atoms with Gasteiger partial charge in [-0.15, -0.1) is 0 Å². The molecule has 0 fully saturated rings. The minimum Gasteiger partial charge on any atom is -0.465 e. The van der Waals surface area contributed by atoms with Crippen LogP contribution >= 0.6 is 0 Å². The maximum atomic E-state index is 12.6. The Kier molecular flexibility index (Phi) is 17.3. The molecule has 0 bridgehead atoms. The number of hydrogen-bond acceptors (Lipinski definition) is 5. The van der Waals surface area contributed by atoms with Gasteiger partial charge in [-0.25, -0.2) is 0 Å². The average molecular weight is 401 g/mol. The lowest BCUT2D eigenvalue weighted by Crippen LogP contribution is -2.41. The second-order valence-corrected chi connectivity index (χ2v) is 7.44. The largest absolute Gasteiger partial charge is 0.465 e. The molecule has 0 heterocycles. The average Bonchev–Trinajstić information content (AvgIpc) is 2.70. The first-order valence-corrected chi connectivity index (χ1v) is 11.5. The van der Waals surface area contributed by atoms with Gasteiger partial charge in [0.2, 0.25) is 0 Å². The van der Waals surface area contributed by atoms with Crippen molar-refractivity contribution < 1.29 is 23.8 Å². The number of unbranched alkanes of at least 4 members (excludes halogenated alkanes) is 9. The molecular formula is C23H44O5. The molecule has 166 valence electrons. The molecule has 0 unspecified atom stereocenters. The Morgan fingerprint density at radius 2 is 1.07 bits per heavy atom. The van der Waals surface area contributed by atoms with E-state index in [0.717, 1.165) is 12.8 Å². The molecule has 0 rings (SSSR count). The fraction of sp³-hybridized carbons (Fsp3) is 0.913. The molecule has 0 atom stereocenters. The van der Waals surface area contributed by atoms with Crippen molar-refractivity contribution in [1.82, 2.24) is 0 Å². The number of carbonyl (C=O) groups excluding carboxylic acids is 2. The summed E-state index contributed by atoms with van der Waals surface area (Å²) in [6, 6.07) is 0. The zero-order chi connectivity index (χ0) is 21.1. The van der Waals surface area contributed by atoms with E-state index in [1.807, 2.05) is 20.8 Å². The monoisotopic (exact) mass is 400 g/mol. The molecule has 0 radical (unpaired) electrons. The summed E-state index contributed by atoms with van der Waals surface area (Å²) in [6.45, 7) is 9.25. The van der Waals surface area contributed by atoms with E-state index in [4.69, 9.17) is 14.2 Å². The van der Waals surface area contributed by atoms with E-state index in [9.17, 15) is 9.59 Å². The van der Waals surface area contributed by atoms with Gasteiger partial charge in [0, 0.05) is 6.61 Å². The molecule has 0 aromatic heterocycles. The lowest BCUT2D eigenvalue weighted by Gasteiger charge is -2.26. The van der Waals surface area contributed by atoms with Crippen molar-refractivity contribution in [3.05, 3.63) is 0 Å². The third-order valence-corrected chi connectivity index (χ3v) is 5.38. The van der Waals surface area contributed by atoms with Gasteiger partial charge in [-0.05, 0) is 26.2 Å². The fourth-order valence-corrected chi connectivity index (χ4v) is 3.28. The van der Waals surface area contributed by atoms with Gasteiger partial charge in [0.15, 0.2) is 5.41 Å². The molecule has 0 aromatic rings. The normalized spacial score (nSPS) is 11.4. The molecule has 5 heteroatoms.